The fourth-order valence-corrected chi connectivity index (χ4v) is 5.41. The quantitative estimate of drug-likeness (QED) is 0.736. The standard InChI is InChI=1S/C22H24FN3O5S/c1-22(2)18-13-17(32(29,30)25-8-10-31-11-9-25)6-7-19(18)26(21(22)28)14-20(27)24-16-5-3-4-15(23)12-16/h3-7,12-13H,8-11,14H2,1-2H3,(H,24,27). The molecule has 4 rings (SSSR count). The maximum Gasteiger partial charge on any atom is 0.244 e. The highest BCUT2D eigenvalue weighted by molar-refractivity contribution is 7.89. The van der Waals surface area contributed by atoms with Gasteiger partial charge in [0.25, 0.3) is 0 Å². The molecule has 0 unspecified atom stereocenters. The predicted octanol–water partition coefficient (Wildman–Crippen LogP) is 2.11. The first-order chi connectivity index (χ1) is 15.1. The zero-order valence-electron chi connectivity index (χ0n) is 17.8. The third-order valence-corrected chi connectivity index (χ3v) is 7.62. The number of morpholine rings is 1. The molecule has 0 spiro atoms. The van der Waals surface area contributed by atoms with Gasteiger partial charge in [-0.05, 0) is 55.8 Å². The second kappa shape index (κ2) is 8.27. The van der Waals surface area contributed by atoms with Gasteiger partial charge in [0.1, 0.15) is 12.4 Å². The fourth-order valence-electron chi connectivity index (χ4n) is 3.98. The van der Waals surface area contributed by atoms with Crippen LogP contribution in [0.25, 0.3) is 0 Å². The first-order valence-corrected chi connectivity index (χ1v) is 11.6. The van der Waals surface area contributed by atoms with E-state index in [1.54, 1.807) is 26.0 Å². The van der Waals surface area contributed by atoms with Crippen molar-refractivity contribution in [2.45, 2.75) is 24.2 Å². The zero-order chi connectivity index (χ0) is 23.1. The molecular formula is C22H24FN3O5S. The molecule has 1 saturated heterocycles. The molecule has 0 aromatic heterocycles. The van der Waals surface area contributed by atoms with E-state index in [9.17, 15) is 22.4 Å². The molecule has 2 aromatic rings. The Balaban J connectivity index is 1.60. The Labute approximate surface area is 186 Å². The van der Waals surface area contributed by atoms with Crippen LogP contribution in [0.3, 0.4) is 0 Å². The molecule has 10 heteroatoms. The lowest BCUT2D eigenvalue weighted by Gasteiger charge is -2.26. The summed E-state index contributed by atoms with van der Waals surface area (Å²) in [7, 11) is -3.73. The molecule has 0 aliphatic carbocycles. The second-order valence-electron chi connectivity index (χ2n) is 8.27. The molecule has 170 valence electrons. The number of hydrogen-bond acceptors (Lipinski definition) is 5. The SMILES string of the molecule is CC1(C)C(=O)N(CC(=O)Nc2cccc(F)c2)c2ccc(S(=O)(=O)N3CCOCC3)cc21. The van der Waals surface area contributed by atoms with Crippen LogP contribution in [0.1, 0.15) is 19.4 Å². The van der Waals surface area contributed by atoms with Crippen LogP contribution < -0.4 is 10.2 Å². The van der Waals surface area contributed by atoms with Crippen LogP contribution >= 0.6 is 0 Å². The highest BCUT2D eigenvalue weighted by Gasteiger charge is 2.45. The summed E-state index contributed by atoms with van der Waals surface area (Å²) in [5, 5.41) is 2.58. The van der Waals surface area contributed by atoms with E-state index in [4.69, 9.17) is 4.74 Å². The minimum absolute atomic E-state index is 0.102. The number of halogens is 1. The van der Waals surface area contributed by atoms with Gasteiger partial charge in [0, 0.05) is 24.5 Å². The first kappa shape index (κ1) is 22.4. The summed E-state index contributed by atoms with van der Waals surface area (Å²) in [6, 6.07) is 10.0. The Morgan fingerprint density at radius 3 is 2.56 bits per heavy atom. The summed E-state index contributed by atoms with van der Waals surface area (Å²) in [4.78, 5) is 27.1. The molecule has 1 N–H and O–H groups in total. The Hall–Kier alpha value is -2.82. The molecule has 2 aliphatic rings. The van der Waals surface area contributed by atoms with Gasteiger partial charge >= 0.3 is 0 Å². The number of nitrogens with one attached hydrogen (secondary N) is 1. The van der Waals surface area contributed by atoms with Gasteiger partial charge in [0.2, 0.25) is 21.8 Å². The molecule has 0 saturated carbocycles. The van der Waals surface area contributed by atoms with Crippen molar-refractivity contribution in [3.63, 3.8) is 0 Å². The highest BCUT2D eigenvalue weighted by atomic mass is 32.2. The lowest BCUT2D eigenvalue weighted by molar-refractivity contribution is -0.124. The van der Waals surface area contributed by atoms with E-state index in [0.29, 0.717) is 24.5 Å². The third kappa shape index (κ3) is 4.01. The average Bonchev–Trinajstić information content (AvgIpc) is 2.94. The third-order valence-electron chi connectivity index (χ3n) is 5.73. The van der Waals surface area contributed by atoms with Crippen LogP contribution in [0.2, 0.25) is 0 Å². The number of sulfonamides is 1. The maximum absolute atomic E-state index is 13.4. The number of rotatable bonds is 5. The Bertz CT molecular complexity index is 1180. The molecule has 2 heterocycles. The van der Waals surface area contributed by atoms with Crippen LogP contribution in [-0.2, 0) is 29.8 Å². The molecule has 0 radical (unpaired) electrons. The normalized spacial score (nSPS) is 18.5. The molecule has 0 atom stereocenters. The fraction of sp³-hybridized carbons (Fsp3) is 0.364. The van der Waals surface area contributed by atoms with Gasteiger partial charge in [0.15, 0.2) is 0 Å². The van der Waals surface area contributed by atoms with Gasteiger partial charge in [-0.1, -0.05) is 6.07 Å². The van der Waals surface area contributed by atoms with Crippen molar-refractivity contribution in [3.8, 4) is 0 Å². The van der Waals surface area contributed by atoms with E-state index in [0.717, 1.165) is 0 Å². The van der Waals surface area contributed by atoms with E-state index >= 15 is 0 Å². The van der Waals surface area contributed by atoms with Crippen molar-refractivity contribution < 1.29 is 27.1 Å². The van der Waals surface area contributed by atoms with Gasteiger partial charge < -0.3 is 15.0 Å². The molecule has 32 heavy (non-hydrogen) atoms. The van der Waals surface area contributed by atoms with Crippen molar-refractivity contribution >= 4 is 33.2 Å². The van der Waals surface area contributed by atoms with Gasteiger partial charge in [-0.2, -0.15) is 4.31 Å². The van der Waals surface area contributed by atoms with Gasteiger partial charge in [-0.3, -0.25) is 9.59 Å². The van der Waals surface area contributed by atoms with Crippen molar-refractivity contribution in [1.29, 1.82) is 0 Å². The Morgan fingerprint density at radius 2 is 1.88 bits per heavy atom. The van der Waals surface area contributed by atoms with Gasteiger partial charge in [0.05, 0.1) is 23.5 Å². The second-order valence-corrected chi connectivity index (χ2v) is 10.2. The molecule has 2 aromatic carbocycles. The maximum atomic E-state index is 13.4. The summed E-state index contributed by atoms with van der Waals surface area (Å²) < 4.78 is 46.1. The van der Waals surface area contributed by atoms with Gasteiger partial charge in [-0.15, -0.1) is 0 Å². The number of fused-ring (bicyclic) bond motifs is 1. The number of amides is 2. The van der Waals surface area contributed by atoms with E-state index in [-0.39, 0.29) is 36.1 Å². The van der Waals surface area contributed by atoms with Crippen LogP contribution in [0.15, 0.2) is 47.4 Å². The van der Waals surface area contributed by atoms with E-state index < -0.39 is 27.2 Å². The van der Waals surface area contributed by atoms with E-state index in [1.165, 1.54) is 39.5 Å². The number of hydrogen-bond donors (Lipinski definition) is 1. The largest absolute Gasteiger partial charge is 0.379 e. The number of anilines is 2. The van der Waals surface area contributed by atoms with Crippen LogP contribution in [0.5, 0.6) is 0 Å². The summed E-state index contributed by atoms with van der Waals surface area (Å²) >= 11 is 0. The molecule has 1 fully saturated rings. The lowest BCUT2D eigenvalue weighted by atomic mass is 9.86. The summed E-state index contributed by atoms with van der Waals surface area (Å²) in [6.07, 6.45) is 0. The molecule has 8 nitrogen and oxygen atoms in total. The topological polar surface area (TPSA) is 96.0 Å². The minimum Gasteiger partial charge on any atom is -0.379 e. The number of carbonyl (C=O) groups is 2. The highest BCUT2D eigenvalue weighted by Crippen LogP contribution is 2.42. The monoisotopic (exact) mass is 461 g/mol. The molecule has 2 aliphatic heterocycles. The lowest BCUT2D eigenvalue weighted by Crippen LogP contribution is -2.41. The summed E-state index contributed by atoms with van der Waals surface area (Å²) in [5.41, 5.74) is 0.296. The van der Waals surface area contributed by atoms with Crippen molar-refractivity contribution in [1.82, 2.24) is 4.31 Å². The first-order valence-electron chi connectivity index (χ1n) is 10.2. The Kier molecular flexibility index (Phi) is 5.78. The van der Waals surface area contributed by atoms with Crippen LogP contribution in [0, 0.1) is 5.82 Å². The minimum atomic E-state index is -3.73. The summed E-state index contributed by atoms with van der Waals surface area (Å²) in [5.74, 6) is -1.29. The van der Waals surface area contributed by atoms with Crippen molar-refractivity contribution in [2.75, 3.05) is 43.1 Å². The zero-order valence-corrected chi connectivity index (χ0v) is 18.6. The molecule has 2 amide bonds. The van der Waals surface area contributed by atoms with Gasteiger partial charge in [-0.25, -0.2) is 12.8 Å². The molecular weight excluding hydrogens is 437 g/mol. The number of ether oxygens (including phenoxy) is 1. The van der Waals surface area contributed by atoms with Crippen LogP contribution in [0.4, 0.5) is 15.8 Å². The van der Waals surface area contributed by atoms with Crippen LogP contribution in [-0.4, -0.2) is 57.4 Å². The molecule has 0 bridgehead atoms. The number of nitrogens with zero attached hydrogens (tertiary/aromatic N) is 2. The van der Waals surface area contributed by atoms with E-state index in [2.05, 4.69) is 5.32 Å². The average molecular weight is 462 g/mol. The Morgan fingerprint density at radius 1 is 1.16 bits per heavy atom. The number of benzene rings is 2. The van der Waals surface area contributed by atoms with E-state index in [1.807, 2.05) is 0 Å². The van der Waals surface area contributed by atoms with Crippen molar-refractivity contribution in [3.05, 3.63) is 53.8 Å². The predicted molar refractivity (Wildman–Crippen MR) is 116 cm³/mol. The number of carbonyl (C=O) groups excluding carboxylic acids is 2. The van der Waals surface area contributed by atoms with Crippen molar-refractivity contribution in [2.24, 2.45) is 0 Å². The summed E-state index contributed by atoms with van der Waals surface area (Å²) in [6.45, 7) is 4.34. The smallest absolute Gasteiger partial charge is 0.244 e.